The van der Waals surface area contributed by atoms with Crippen LogP contribution >= 0.6 is 0 Å². The van der Waals surface area contributed by atoms with Gasteiger partial charge in [-0.2, -0.15) is 0 Å². The van der Waals surface area contributed by atoms with Crippen LogP contribution in [0.2, 0.25) is 0 Å². The lowest BCUT2D eigenvalue weighted by molar-refractivity contribution is -0.0351. The zero-order valence-electron chi connectivity index (χ0n) is 10.7. The van der Waals surface area contributed by atoms with Crippen molar-refractivity contribution in [1.82, 2.24) is 9.47 Å². The highest BCUT2D eigenvalue weighted by molar-refractivity contribution is 5.09. The molecule has 2 rings (SSSR count). The normalized spacial score (nSPS) is 23.8. The summed E-state index contributed by atoms with van der Waals surface area (Å²) in [6, 6.07) is 3.94. The van der Waals surface area contributed by atoms with E-state index >= 15 is 0 Å². The quantitative estimate of drug-likeness (QED) is 0.858. The van der Waals surface area contributed by atoms with Crippen molar-refractivity contribution in [3.05, 3.63) is 24.0 Å². The van der Waals surface area contributed by atoms with Gasteiger partial charge in [0.05, 0.1) is 18.8 Å². The Balaban J connectivity index is 1.98. The number of likely N-dealkylation sites (N-methyl/N-ethyl adjacent to an activating group) is 1. The molecule has 1 aromatic heterocycles. The molecule has 0 saturated carbocycles. The molecule has 0 aliphatic carbocycles. The molecular formula is C13H22N2O2. The highest BCUT2D eigenvalue weighted by Gasteiger charge is 2.20. The number of ether oxygens (including phenoxy) is 1. The van der Waals surface area contributed by atoms with Crippen molar-refractivity contribution in [2.24, 2.45) is 0 Å². The second-order valence-electron chi connectivity index (χ2n) is 4.65. The Bertz CT molecular complexity index is 349. The summed E-state index contributed by atoms with van der Waals surface area (Å²) in [4.78, 5) is 2.40. The third kappa shape index (κ3) is 3.09. The Kier molecular flexibility index (Phi) is 4.20. The molecule has 1 fully saturated rings. The van der Waals surface area contributed by atoms with Crippen LogP contribution < -0.4 is 0 Å². The van der Waals surface area contributed by atoms with Gasteiger partial charge in [0, 0.05) is 31.5 Å². The van der Waals surface area contributed by atoms with Gasteiger partial charge in [-0.15, -0.1) is 0 Å². The second-order valence-corrected chi connectivity index (χ2v) is 4.65. The number of aliphatic hydroxyl groups excluding tert-OH is 1. The van der Waals surface area contributed by atoms with Gasteiger partial charge in [-0.05, 0) is 25.6 Å². The molecule has 2 heterocycles. The third-order valence-corrected chi connectivity index (χ3v) is 3.36. The van der Waals surface area contributed by atoms with E-state index in [-0.39, 0.29) is 6.10 Å². The van der Waals surface area contributed by atoms with Crippen molar-refractivity contribution in [2.45, 2.75) is 32.6 Å². The monoisotopic (exact) mass is 238 g/mol. The maximum Gasteiger partial charge on any atom is 0.0911 e. The van der Waals surface area contributed by atoms with Crippen LogP contribution in [0.4, 0.5) is 0 Å². The summed E-state index contributed by atoms with van der Waals surface area (Å²) in [7, 11) is 0. The van der Waals surface area contributed by atoms with Crippen molar-refractivity contribution in [2.75, 3.05) is 26.2 Å². The molecule has 0 spiro atoms. The fourth-order valence-electron chi connectivity index (χ4n) is 2.37. The molecule has 96 valence electrons. The topological polar surface area (TPSA) is 37.6 Å². The standard InChI is InChI=1S/C13H22N2O2/c1-3-14-7-8-17-12(9-14)10-15-6-4-5-13(15)11(2)16/h4-6,11-12,16H,3,7-10H2,1-2H3. The minimum atomic E-state index is -0.420. The van der Waals surface area contributed by atoms with E-state index in [2.05, 4.69) is 16.4 Å². The van der Waals surface area contributed by atoms with Gasteiger partial charge in [0.25, 0.3) is 0 Å². The van der Waals surface area contributed by atoms with Crippen molar-refractivity contribution in [3.8, 4) is 0 Å². The van der Waals surface area contributed by atoms with Crippen LogP contribution in [0.25, 0.3) is 0 Å². The fraction of sp³-hybridized carbons (Fsp3) is 0.692. The summed E-state index contributed by atoms with van der Waals surface area (Å²) < 4.78 is 7.87. The Morgan fingerprint density at radius 2 is 2.41 bits per heavy atom. The SMILES string of the molecule is CCN1CCOC(Cn2cccc2C(C)O)C1. The lowest BCUT2D eigenvalue weighted by Gasteiger charge is -2.32. The van der Waals surface area contributed by atoms with Crippen molar-refractivity contribution >= 4 is 0 Å². The molecule has 1 aliphatic heterocycles. The molecule has 2 unspecified atom stereocenters. The van der Waals surface area contributed by atoms with Gasteiger partial charge >= 0.3 is 0 Å². The molecule has 0 radical (unpaired) electrons. The van der Waals surface area contributed by atoms with Crippen molar-refractivity contribution in [3.63, 3.8) is 0 Å². The smallest absolute Gasteiger partial charge is 0.0911 e. The predicted octanol–water partition coefficient (Wildman–Crippen LogP) is 1.26. The summed E-state index contributed by atoms with van der Waals surface area (Å²) in [6.07, 6.45) is 1.82. The van der Waals surface area contributed by atoms with Gasteiger partial charge in [0.1, 0.15) is 0 Å². The Labute approximate surface area is 103 Å². The van der Waals surface area contributed by atoms with E-state index in [1.165, 1.54) is 0 Å². The summed E-state index contributed by atoms with van der Waals surface area (Å²) in [5.41, 5.74) is 0.960. The van der Waals surface area contributed by atoms with Crippen LogP contribution in [-0.4, -0.2) is 46.9 Å². The fourth-order valence-corrected chi connectivity index (χ4v) is 2.37. The molecule has 0 amide bonds. The Morgan fingerprint density at radius 3 is 3.12 bits per heavy atom. The molecule has 1 aliphatic rings. The van der Waals surface area contributed by atoms with Gasteiger partial charge < -0.3 is 14.4 Å². The van der Waals surface area contributed by atoms with Crippen LogP contribution in [0, 0.1) is 0 Å². The van der Waals surface area contributed by atoms with Crippen LogP contribution in [-0.2, 0) is 11.3 Å². The van der Waals surface area contributed by atoms with E-state index in [0.29, 0.717) is 0 Å². The van der Waals surface area contributed by atoms with Gasteiger partial charge in [-0.1, -0.05) is 6.92 Å². The van der Waals surface area contributed by atoms with Crippen molar-refractivity contribution in [1.29, 1.82) is 0 Å². The average Bonchev–Trinajstić information content (AvgIpc) is 2.77. The number of aliphatic hydroxyl groups is 1. The summed E-state index contributed by atoms with van der Waals surface area (Å²) in [5, 5.41) is 9.65. The molecule has 0 aromatic carbocycles. The number of aromatic nitrogens is 1. The van der Waals surface area contributed by atoms with E-state index in [0.717, 1.165) is 38.5 Å². The number of hydrogen-bond donors (Lipinski definition) is 1. The van der Waals surface area contributed by atoms with Crippen molar-refractivity contribution < 1.29 is 9.84 Å². The Hall–Kier alpha value is -0.840. The highest BCUT2D eigenvalue weighted by atomic mass is 16.5. The molecule has 1 saturated heterocycles. The van der Waals surface area contributed by atoms with E-state index in [1.54, 1.807) is 6.92 Å². The third-order valence-electron chi connectivity index (χ3n) is 3.36. The zero-order chi connectivity index (χ0) is 12.3. The van der Waals surface area contributed by atoms with Gasteiger partial charge in [0.15, 0.2) is 0 Å². The maximum atomic E-state index is 9.65. The minimum absolute atomic E-state index is 0.230. The van der Waals surface area contributed by atoms with E-state index in [1.807, 2.05) is 18.3 Å². The molecule has 17 heavy (non-hydrogen) atoms. The summed E-state index contributed by atoms with van der Waals surface area (Å²) in [5.74, 6) is 0. The number of hydrogen-bond acceptors (Lipinski definition) is 3. The van der Waals surface area contributed by atoms with E-state index in [9.17, 15) is 5.11 Å². The van der Waals surface area contributed by atoms with Crippen LogP contribution in [0.3, 0.4) is 0 Å². The zero-order valence-corrected chi connectivity index (χ0v) is 10.7. The second kappa shape index (κ2) is 5.67. The molecule has 1 aromatic rings. The highest BCUT2D eigenvalue weighted by Crippen LogP contribution is 2.15. The first kappa shape index (κ1) is 12.6. The summed E-state index contributed by atoms with van der Waals surface area (Å²) in [6.45, 7) is 8.70. The largest absolute Gasteiger partial charge is 0.387 e. The molecule has 0 bridgehead atoms. The molecule has 4 nitrogen and oxygen atoms in total. The maximum absolute atomic E-state index is 9.65. The molecule has 4 heteroatoms. The van der Waals surface area contributed by atoms with E-state index in [4.69, 9.17) is 4.74 Å². The number of morpholine rings is 1. The minimum Gasteiger partial charge on any atom is -0.387 e. The van der Waals surface area contributed by atoms with Gasteiger partial charge in [-0.25, -0.2) is 0 Å². The van der Waals surface area contributed by atoms with Gasteiger partial charge in [0.2, 0.25) is 0 Å². The molecular weight excluding hydrogens is 216 g/mol. The number of rotatable bonds is 4. The van der Waals surface area contributed by atoms with E-state index < -0.39 is 6.10 Å². The van der Waals surface area contributed by atoms with Crippen LogP contribution in [0.15, 0.2) is 18.3 Å². The lowest BCUT2D eigenvalue weighted by Crippen LogP contribution is -2.44. The Morgan fingerprint density at radius 1 is 1.59 bits per heavy atom. The molecule has 2 atom stereocenters. The van der Waals surface area contributed by atoms with Gasteiger partial charge in [-0.3, -0.25) is 4.90 Å². The van der Waals surface area contributed by atoms with Crippen LogP contribution in [0.5, 0.6) is 0 Å². The molecule has 1 N–H and O–H groups in total. The first-order valence-corrected chi connectivity index (χ1v) is 6.37. The average molecular weight is 238 g/mol. The van der Waals surface area contributed by atoms with Crippen LogP contribution in [0.1, 0.15) is 25.6 Å². The summed E-state index contributed by atoms with van der Waals surface area (Å²) >= 11 is 0. The lowest BCUT2D eigenvalue weighted by atomic mass is 10.2. The first-order valence-electron chi connectivity index (χ1n) is 6.37. The first-order chi connectivity index (χ1) is 8.20. The predicted molar refractivity (Wildman–Crippen MR) is 66.9 cm³/mol. The number of nitrogens with zero attached hydrogens (tertiary/aromatic N) is 2.